The number of aliphatic hydroxyl groups excluding tert-OH is 1. The third kappa shape index (κ3) is 76.9. The van der Waals surface area contributed by atoms with Crippen molar-refractivity contribution in [2.24, 2.45) is 0 Å². The van der Waals surface area contributed by atoms with Gasteiger partial charge in [0, 0.05) is 25.7 Å². The first-order valence-electron chi connectivity index (χ1n) is 40.7. The lowest BCUT2D eigenvalue weighted by Crippen LogP contribution is -2.30. The molecule has 0 aromatic carbocycles. The maximum atomic E-state index is 13.1. The number of hydrogen-bond donors (Lipinski definition) is 3. The third-order valence-electron chi connectivity index (χ3n) is 16.5. The SMILES string of the molecule is CC/C=C\C/C=C\C/C=C\C/C=C\CCCCCCC(=O)OCC(COP(=O)(O)OCC(O)COP(=O)(O)OCC(COC(=O)CCCCCCCCC/C=C\C/C=C\C/C=C\CC)OC(=O)CCCCCCC/C=C\C/C=C\C/C=C\CC)OC(=O)CCCCCCCCC/C=C\C/C=C\C/C=C\CC. The Bertz CT molecular complexity index is 2630. The summed E-state index contributed by atoms with van der Waals surface area (Å²) in [4.78, 5) is 73.2. The molecule has 0 aliphatic rings. The molecule has 0 radical (unpaired) electrons. The van der Waals surface area contributed by atoms with Crippen LogP contribution in [0.2, 0.25) is 0 Å². The van der Waals surface area contributed by atoms with Gasteiger partial charge < -0.3 is 33.8 Å². The van der Waals surface area contributed by atoms with E-state index >= 15 is 0 Å². The minimum atomic E-state index is -5.00. The second kappa shape index (κ2) is 77.8. The second-order valence-corrected chi connectivity index (χ2v) is 29.4. The summed E-state index contributed by atoms with van der Waals surface area (Å²) in [6, 6.07) is 0. The zero-order valence-corrected chi connectivity index (χ0v) is 67.8. The van der Waals surface area contributed by atoms with Crippen LogP contribution in [0.5, 0.6) is 0 Å². The molecule has 0 saturated heterocycles. The van der Waals surface area contributed by atoms with Crippen LogP contribution < -0.4 is 0 Å². The van der Waals surface area contributed by atoms with Crippen LogP contribution in [0.4, 0.5) is 0 Å². The zero-order valence-electron chi connectivity index (χ0n) is 66.1. The highest BCUT2D eigenvalue weighted by Gasteiger charge is 2.30. The van der Waals surface area contributed by atoms with E-state index in [1.165, 1.54) is 0 Å². The highest BCUT2D eigenvalue weighted by Crippen LogP contribution is 2.45. The Labute approximate surface area is 642 Å². The minimum absolute atomic E-state index is 0.0683. The predicted octanol–water partition coefficient (Wildman–Crippen LogP) is 24.0. The number of rotatable bonds is 75. The standard InChI is InChI=1S/C87H144O17P2/c1-5-9-13-17-21-25-29-33-37-40-44-47-51-55-59-63-67-71-84(89)97-77-82(103-86(91)73-69-65-61-57-53-49-43-36-32-28-24-20-16-12-8-4)79-101-105(93,94)99-75-81(88)76-100-106(95,96)102-80-83(104-87(92)74-70-66-62-58-54-50-46-42-39-35-31-27-23-19-15-11-7-3)78-98-85(90)72-68-64-60-56-52-48-45-41-38-34-30-26-22-18-14-10-6-2/h9-16,21-28,33-39,43,45,48,81-83,88H,5-8,17-20,29-32,40-42,44,46-47,49-80H2,1-4H3,(H,93,94)(H,95,96)/b13-9-,14-10-,15-11-,16-12-,25-21-,26-22-,27-23-,28-24-,37-33-,38-34-,39-35-,43-36-,48-45-. The lowest BCUT2D eigenvalue weighted by Gasteiger charge is -2.21. The van der Waals surface area contributed by atoms with E-state index in [-0.39, 0.29) is 25.7 Å². The summed E-state index contributed by atoms with van der Waals surface area (Å²) in [6.45, 7) is 4.37. The van der Waals surface area contributed by atoms with Crippen molar-refractivity contribution >= 4 is 39.5 Å². The van der Waals surface area contributed by atoms with Crippen LogP contribution in [0.25, 0.3) is 0 Å². The summed E-state index contributed by atoms with van der Waals surface area (Å²) in [5.41, 5.74) is 0. The number of esters is 4. The smallest absolute Gasteiger partial charge is 0.462 e. The third-order valence-corrected chi connectivity index (χ3v) is 18.4. The molecule has 5 unspecified atom stereocenters. The average molecular weight is 1520 g/mol. The van der Waals surface area contributed by atoms with Gasteiger partial charge in [-0.05, 0) is 161 Å². The van der Waals surface area contributed by atoms with Crippen LogP contribution in [0, 0.1) is 0 Å². The molecule has 0 bridgehead atoms. The summed E-state index contributed by atoms with van der Waals surface area (Å²) < 4.78 is 68.7. The molecule has 0 saturated carbocycles. The van der Waals surface area contributed by atoms with E-state index in [1.807, 2.05) is 0 Å². The Balaban J connectivity index is 5.43. The van der Waals surface area contributed by atoms with Gasteiger partial charge in [-0.1, -0.05) is 282 Å². The van der Waals surface area contributed by atoms with Gasteiger partial charge in [-0.3, -0.25) is 37.3 Å². The predicted molar refractivity (Wildman–Crippen MR) is 436 cm³/mol. The van der Waals surface area contributed by atoms with Gasteiger partial charge in [-0.2, -0.15) is 0 Å². The van der Waals surface area contributed by atoms with Crippen molar-refractivity contribution in [1.29, 1.82) is 0 Å². The van der Waals surface area contributed by atoms with Gasteiger partial charge in [0.2, 0.25) is 0 Å². The highest BCUT2D eigenvalue weighted by molar-refractivity contribution is 7.47. The van der Waals surface area contributed by atoms with Crippen molar-refractivity contribution in [3.8, 4) is 0 Å². The van der Waals surface area contributed by atoms with E-state index in [9.17, 15) is 43.2 Å². The van der Waals surface area contributed by atoms with Crippen LogP contribution in [0.1, 0.15) is 310 Å². The van der Waals surface area contributed by atoms with E-state index in [0.717, 1.165) is 231 Å². The number of phosphoric ester groups is 2. The van der Waals surface area contributed by atoms with Gasteiger partial charge in [0.1, 0.15) is 19.3 Å². The fourth-order valence-corrected chi connectivity index (χ4v) is 12.0. The Hall–Kier alpha value is -5.32. The number of carbonyl (C=O) groups is 4. The monoisotopic (exact) mass is 1520 g/mol. The summed E-state index contributed by atoms with van der Waals surface area (Å²) >= 11 is 0. The fourth-order valence-electron chi connectivity index (χ4n) is 10.4. The molecule has 604 valence electrons. The molecule has 0 aliphatic carbocycles. The van der Waals surface area contributed by atoms with Gasteiger partial charge in [0.05, 0.1) is 26.4 Å². The topological polar surface area (TPSA) is 237 Å². The van der Waals surface area contributed by atoms with Crippen molar-refractivity contribution in [2.75, 3.05) is 39.6 Å². The maximum absolute atomic E-state index is 13.1. The largest absolute Gasteiger partial charge is 0.472 e. The van der Waals surface area contributed by atoms with Crippen molar-refractivity contribution in [2.45, 2.75) is 329 Å². The number of hydrogen-bond acceptors (Lipinski definition) is 15. The molecule has 0 amide bonds. The van der Waals surface area contributed by atoms with Gasteiger partial charge in [-0.25, -0.2) is 9.13 Å². The Morgan fingerprint density at radius 2 is 0.462 bits per heavy atom. The molecule has 17 nitrogen and oxygen atoms in total. The van der Waals surface area contributed by atoms with Crippen molar-refractivity contribution < 1.29 is 80.2 Å². The number of allylic oxidation sites excluding steroid dienone is 26. The van der Waals surface area contributed by atoms with Gasteiger partial charge in [-0.15, -0.1) is 0 Å². The molecule has 0 aromatic heterocycles. The maximum Gasteiger partial charge on any atom is 0.472 e. The summed E-state index contributed by atoms with van der Waals surface area (Å²) in [5, 5.41) is 10.7. The lowest BCUT2D eigenvalue weighted by molar-refractivity contribution is -0.161. The molecule has 0 aromatic rings. The van der Waals surface area contributed by atoms with Gasteiger partial charge >= 0.3 is 39.5 Å². The number of carbonyl (C=O) groups excluding carboxylic acids is 4. The molecular weight excluding hydrogens is 1380 g/mol. The number of unbranched alkanes of at least 4 members (excludes halogenated alkanes) is 23. The zero-order chi connectivity index (χ0) is 77.4. The number of phosphoric acid groups is 2. The molecular formula is C87H144O17P2. The summed E-state index contributed by atoms with van der Waals surface area (Å²) in [6.07, 6.45) is 90.7. The van der Waals surface area contributed by atoms with E-state index in [1.54, 1.807) is 0 Å². The first-order chi connectivity index (χ1) is 51.7. The first kappa shape index (κ1) is 101. The average Bonchev–Trinajstić information content (AvgIpc) is 0.902. The molecule has 0 aliphatic heterocycles. The van der Waals surface area contributed by atoms with Gasteiger partial charge in [0.15, 0.2) is 12.2 Å². The van der Waals surface area contributed by atoms with Crippen molar-refractivity contribution in [3.05, 3.63) is 158 Å². The first-order valence-corrected chi connectivity index (χ1v) is 43.7. The fraction of sp³-hybridized carbons (Fsp3) is 0.655. The van der Waals surface area contributed by atoms with E-state index in [2.05, 4.69) is 186 Å². The van der Waals surface area contributed by atoms with Crippen LogP contribution in [-0.4, -0.2) is 96.7 Å². The van der Waals surface area contributed by atoms with Crippen molar-refractivity contribution in [1.82, 2.24) is 0 Å². The van der Waals surface area contributed by atoms with E-state index in [4.69, 9.17) is 37.0 Å². The van der Waals surface area contributed by atoms with Crippen LogP contribution in [-0.2, 0) is 65.4 Å². The van der Waals surface area contributed by atoms with E-state index < -0.39 is 97.5 Å². The molecule has 0 rings (SSSR count). The second-order valence-electron chi connectivity index (χ2n) is 26.5. The minimum Gasteiger partial charge on any atom is -0.462 e. The normalized spacial score (nSPS) is 14.7. The highest BCUT2D eigenvalue weighted by atomic mass is 31.2. The lowest BCUT2D eigenvalue weighted by atomic mass is 10.1. The Kier molecular flexibility index (Phi) is 73.9. The van der Waals surface area contributed by atoms with Crippen LogP contribution in [0.3, 0.4) is 0 Å². The molecule has 106 heavy (non-hydrogen) atoms. The molecule has 5 atom stereocenters. The Morgan fingerprint density at radius 3 is 0.708 bits per heavy atom. The molecule has 0 fully saturated rings. The number of ether oxygens (including phenoxy) is 4. The summed E-state index contributed by atoms with van der Waals surface area (Å²) in [7, 11) is -9.99. The molecule has 3 N–H and O–H groups in total. The summed E-state index contributed by atoms with van der Waals surface area (Å²) in [5.74, 6) is -2.24. The van der Waals surface area contributed by atoms with Gasteiger partial charge in [0.25, 0.3) is 0 Å². The molecule has 19 heteroatoms. The Morgan fingerprint density at radius 1 is 0.264 bits per heavy atom. The van der Waals surface area contributed by atoms with Crippen LogP contribution >= 0.6 is 15.6 Å². The van der Waals surface area contributed by atoms with Crippen LogP contribution in [0.15, 0.2) is 158 Å². The quantitative estimate of drug-likeness (QED) is 0.0169. The van der Waals surface area contributed by atoms with E-state index in [0.29, 0.717) is 25.7 Å². The molecule has 0 spiro atoms. The molecule has 0 heterocycles. The van der Waals surface area contributed by atoms with Crippen molar-refractivity contribution in [3.63, 3.8) is 0 Å². The number of aliphatic hydroxyl groups is 1.